The molecule has 0 bridgehead atoms. The summed E-state index contributed by atoms with van der Waals surface area (Å²) >= 11 is 0. The highest BCUT2D eigenvalue weighted by molar-refractivity contribution is 5.69. The fourth-order valence-corrected chi connectivity index (χ4v) is 0.897. The predicted octanol–water partition coefficient (Wildman–Crippen LogP) is 1.49. The molecule has 0 aliphatic rings. The van der Waals surface area contributed by atoms with Crippen molar-refractivity contribution in [3.8, 4) is 11.8 Å². The van der Waals surface area contributed by atoms with Crippen LogP contribution in [0.15, 0.2) is 0 Å². The third-order valence-corrected chi connectivity index (χ3v) is 1.60. The monoisotopic (exact) mass is 198 g/mol. The molecule has 1 atom stereocenters. The number of ether oxygens (including phenoxy) is 1. The minimum absolute atomic E-state index is 0.0792. The summed E-state index contributed by atoms with van der Waals surface area (Å²) in [6.07, 6.45) is 2.82. The molecule has 1 unspecified atom stereocenters. The molecule has 0 heterocycles. The van der Waals surface area contributed by atoms with E-state index >= 15 is 0 Å². The molecule has 0 saturated carbocycles. The maximum Gasteiger partial charge on any atom is 0.306 e. The van der Waals surface area contributed by atoms with Crippen molar-refractivity contribution in [3.63, 3.8) is 0 Å². The zero-order chi connectivity index (χ0) is 10.8. The predicted molar refractivity (Wildman–Crippen MR) is 54.6 cm³/mol. The molecule has 0 aromatic rings. The van der Waals surface area contributed by atoms with Crippen molar-refractivity contribution in [1.29, 1.82) is 0 Å². The number of hydrogen-bond donors (Lipinski definition) is 1. The molecule has 0 aromatic heterocycles. The molecule has 0 radical (unpaired) electrons. The van der Waals surface area contributed by atoms with Crippen LogP contribution in [0, 0.1) is 11.8 Å². The Morgan fingerprint density at radius 2 is 2.21 bits per heavy atom. The van der Waals surface area contributed by atoms with Crippen molar-refractivity contribution < 1.29 is 14.6 Å². The number of aliphatic hydroxyl groups is 1. The molecular weight excluding hydrogens is 180 g/mol. The van der Waals surface area contributed by atoms with Crippen molar-refractivity contribution in [1.82, 2.24) is 0 Å². The number of rotatable bonds is 5. The van der Waals surface area contributed by atoms with E-state index in [2.05, 4.69) is 18.8 Å². The molecular formula is C11H18O3. The average molecular weight is 198 g/mol. The van der Waals surface area contributed by atoms with Gasteiger partial charge in [-0.1, -0.05) is 31.6 Å². The Bertz CT molecular complexity index is 210. The van der Waals surface area contributed by atoms with Crippen molar-refractivity contribution in [2.45, 2.75) is 45.6 Å². The smallest absolute Gasteiger partial charge is 0.306 e. The van der Waals surface area contributed by atoms with E-state index in [4.69, 9.17) is 9.84 Å². The number of esters is 1. The molecule has 0 fully saturated rings. The summed E-state index contributed by atoms with van der Waals surface area (Å²) in [5.41, 5.74) is 0. The van der Waals surface area contributed by atoms with Gasteiger partial charge in [0.2, 0.25) is 0 Å². The Labute approximate surface area is 85.5 Å². The Kier molecular flexibility index (Phi) is 7.96. The van der Waals surface area contributed by atoms with Crippen molar-refractivity contribution in [3.05, 3.63) is 0 Å². The lowest BCUT2D eigenvalue weighted by molar-refractivity contribution is -0.142. The quantitative estimate of drug-likeness (QED) is 0.413. The van der Waals surface area contributed by atoms with Crippen LogP contribution in [0.1, 0.15) is 39.5 Å². The van der Waals surface area contributed by atoms with Crippen LogP contribution in [0.5, 0.6) is 0 Å². The van der Waals surface area contributed by atoms with Gasteiger partial charge >= 0.3 is 5.97 Å². The molecule has 0 aliphatic heterocycles. The van der Waals surface area contributed by atoms with Gasteiger partial charge in [0.05, 0.1) is 0 Å². The summed E-state index contributed by atoms with van der Waals surface area (Å²) in [6.45, 7) is 3.73. The number of unbranched alkanes of at least 4 members (excludes halogenated alkanes) is 2. The minimum Gasteiger partial charge on any atom is -0.452 e. The topological polar surface area (TPSA) is 46.5 Å². The van der Waals surface area contributed by atoms with Gasteiger partial charge < -0.3 is 9.84 Å². The lowest BCUT2D eigenvalue weighted by atomic mass is 10.2. The lowest BCUT2D eigenvalue weighted by Gasteiger charge is -1.99. The third kappa shape index (κ3) is 9.08. The molecule has 0 rings (SSSR count). The van der Waals surface area contributed by atoms with Crippen LogP contribution in [0.3, 0.4) is 0 Å². The van der Waals surface area contributed by atoms with Gasteiger partial charge in [0.25, 0.3) is 0 Å². The molecule has 0 aliphatic carbocycles. The van der Waals surface area contributed by atoms with Gasteiger partial charge in [-0.2, -0.15) is 0 Å². The second-order valence-electron chi connectivity index (χ2n) is 3.11. The van der Waals surface area contributed by atoms with Crippen LogP contribution in [-0.2, 0) is 9.53 Å². The van der Waals surface area contributed by atoms with E-state index in [1.165, 1.54) is 0 Å². The van der Waals surface area contributed by atoms with Crippen LogP contribution in [-0.4, -0.2) is 23.8 Å². The standard InChI is InChI=1S/C11H18O3/c1-3-4-5-8-11(13)14-9-6-7-10(2)12/h10,12H,3-5,8-9H2,1-2H3. The van der Waals surface area contributed by atoms with Crippen LogP contribution in [0.25, 0.3) is 0 Å². The number of aliphatic hydroxyl groups excluding tert-OH is 1. The molecule has 3 nitrogen and oxygen atoms in total. The first-order valence-corrected chi connectivity index (χ1v) is 4.99. The highest BCUT2D eigenvalue weighted by atomic mass is 16.5. The molecule has 80 valence electrons. The Hall–Kier alpha value is -1.01. The highest BCUT2D eigenvalue weighted by Gasteiger charge is 1.99. The molecule has 14 heavy (non-hydrogen) atoms. The Balaban J connectivity index is 3.41. The second-order valence-corrected chi connectivity index (χ2v) is 3.11. The Morgan fingerprint density at radius 1 is 1.50 bits per heavy atom. The van der Waals surface area contributed by atoms with Gasteiger partial charge in [-0.05, 0) is 13.3 Å². The van der Waals surface area contributed by atoms with Gasteiger partial charge in [0.1, 0.15) is 6.10 Å². The van der Waals surface area contributed by atoms with Crippen molar-refractivity contribution in [2.75, 3.05) is 6.61 Å². The summed E-state index contributed by atoms with van der Waals surface area (Å²) in [7, 11) is 0. The van der Waals surface area contributed by atoms with Gasteiger partial charge in [0, 0.05) is 6.42 Å². The Morgan fingerprint density at radius 3 is 2.79 bits per heavy atom. The van der Waals surface area contributed by atoms with Crippen LogP contribution < -0.4 is 0 Å². The van der Waals surface area contributed by atoms with Gasteiger partial charge in [-0.3, -0.25) is 4.79 Å². The summed E-state index contributed by atoms with van der Waals surface area (Å²) in [4.78, 5) is 11.0. The average Bonchev–Trinajstić information content (AvgIpc) is 2.13. The number of hydrogen-bond acceptors (Lipinski definition) is 3. The molecule has 0 saturated heterocycles. The van der Waals surface area contributed by atoms with E-state index in [1.54, 1.807) is 6.92 Å². The first-order chi connectivity index (χ1) is 6.66. The van der Waals surface area contributed by atoms with E-state index in [1.807, 2.05) is 0 Å². The maximum absolute atomic E-state index is 11.0. The fraction of sp³-hybridized carbons (Fsp3) is 0.727. The summed E-state index contributed by atoms with van der Waals surface area (Å²) in [5, 5.41) is 8.78. The number of carbonyl (C=O) groups excluding carboxylic acids is 1. The third-order valence-electron chi connectivity index (χ3n) is 1.60. The van der Waals surface area contributed by atoms with Gasteiger partial charge in [0.15, 0.2) is 6.61 Å². The van der Waals surface area contributed by atoms with E-state index < -0.39 is 6.10 Å². The zero-order valence-electron chi connectivity index (χ0n) is 8.88. The van der Waals surface area contributed by atoms with E-state index in [9.17, 15) is 4.79 Å². The molecule has 0 spiro atoms. The zero-order valence-corrected chi connectivity index (χ0v) is 8.88. The van der Waals surface area contributed by atoms with Crippen LogP contribution in [0.2, 0.25) is 0 Å². The van der Waals surface area contributed by atoms with E-state index in [0.29, 0.717) is 6.42 Å². The van der Waals surface area contributed by atoms with Crippen molar-refractivity contribution >= 4 is 5.97 Å². The fourth-order valence-electron chi connectivity index (χ4n) is 0.897. The summed E-state index contributed by atoms with van der Waals surface area (Å²) in [5.74, 6) is 4.85. The van der Waals surface area contributed by atoms with Gasteiger partial charge in [-0.25, -0.2) is 0 Å². The van der Waals surface area contributed by atoms with Gasteiger partial charge in [-0.15, -0.1) is 0 Å². The normalized spacial score (nSPS) is 11.4. The first-order valence-electron chi connectivity index (χ1n) is 4.99. The SMILES string of the molecule is CCCCCC(=O)OCC#CC(C)O. The number of carbonyl (C=O) groups is 1. The second kappa shape index (κ2) is 8.58. The van der Waals surface area contributed by atoms with Crippen LogP contribution in [0.4, 0.5) is 0 Å². The lowest BCUT2D eigenvalue weighted by Crippen LogP contribution is -2.04. The highest BCUT2D eigenvalue weighted by Crippen LogP contribution is 1.99. The largest absolute Gasteiger partial charge is 0.452 e. The summed E-state index contributed by atoms with van der Waals surface area (Å²) < 4.78 is 4.82. The molecule has 0 amide bonds. The molecule has 1 N–H and O–H groups in total. The van der Waals surface area contributed by atoms with Crippen LogP contribution >= 0.6 is 0 Å². The first kappa shape index (κ1) is 13.0. The molecule has 3 heteroatoms. The maximum atomic E-state index is 11.0. The minimum atomic E-state index is -0.659. The van der Waals surface area contributed by atoms with E-state index in [0.717, 1.165) is 19.3 Å². The molecule has 0 aromatic carbocycles. The van der Waals surface area contributed by atoms with E-state index in [-0.39, 0.29) is 12.6 Å². The van der Waals surface area contributed by atoms with Crippen molar-refractivity contribution in [2.24, 2.45) is 0 Å². The summed E-state index contributed by atoms with van der Waals surface area (Å²) in [6, 6.07) is 0.